The average molecular weight is 820 g/mol. The molecule has 0 fully saturated rings. The van der Waals surface area contributed by atoms with E-state index in [0.29, 0.717) is 5.39 Å². The lowest BCUT2D eigenvalue weighted by atomic mass is 10.1. The summed E-state index contributed by atoms with van der Waals surface area (Å²) in [6, 6.07) is 13.5. The van der Waals surface area contributed by atoms with Crippen LogP contribution in [0.4, 0.5) is 0 Å². The summed E-state index contributed by atoms with van der Waals surface area (Å²) in [5.41, 5.74) is -1.26. The molecule has 0 unspecified atom stereocenters. The fraction of sp³-hybridized carbons (Fsp3) is 0.167. The smallest absolute Gasteiger partial charge is 0.295 e. The topological polar surface area (TPSA) is 299 Å². The Kier molecular flexibility index (Phi) is 11.5. The summed E-state index contributed by atoms with van der Waals surface area (Å²) < 4.78 is 68.0. The first-order chi connectivity index (χ1) is 27.1. The number of amides is 3. The van der Waals surface area contributed by atoms with E-state index in [-0.39, 0.29) is 77.9 Å². The predicted molar refractivity (Wildman–Crippen MR) is 203 cm³/mol. The van der Waals surface area contributed by atoms with Crippen molar-refractivity contribution < 1.29 is 55.6 Å². The maximum absolute atomic E-state index is 13.2. The third kappa shape index (κ3) is 8.66. The van der Waals surface area contributed by atoms with Crippen LogP contribution >= 0.6 is 0 Å². The highest BCUT2D eigenvalue weighted by Crippen LogP contribution is 2.34. The van der Waals surface area contributed by atoms with Crippen molar-refractivity contribution in [2.45, 2.75) is 9.79 Å². The van der Waals surface area contributed by atoms with E-state index in [0.717, 1.165) is 12.1 Å². The molecule has 3 aromatic carbocycles. The van der Waals surface area contributed by atoms with E-state index in [1.54, 1.807) is 23.1 Å². The second-order valence-corrected chi connectivity index (χ2v) is 15.2. The molecule has 0 atom stereocenters. The standard InChI is InChI=1S/C36H33N7O12S2/c44-31-23(8-7-20-4-1-9-37-28(20)31)34(47)40-12-15-43(16-13-41-35(48)24-18-26(56(50,51)52)21-5-2-10-38-29(21)32(24)45)17-14-42-36(49)25-19-27(57(53,54)55)22-6-3-11-39-30(22)33(25)46/h1-11,18-19,44-46H,12-17H2,(H,40,47)(H,41,48)(H,42,49)(H,50,51,52)(H,53,54,55). The number of fused-ring (bicyclic) bond motifs is 3. The number of nitrogens with zero attached hydrogens (tertiary/aromatic N) is 4. The van der Waals surface area contributed by atoms with Crippen LogP contribution < -0.4 is 16.0 Å². The number of pyridine rings is 3. The molecular weight excluding hydrogens is 787 g/mol. The molecule has 57 heavy (non-hydrogen) atoms. The molecule has 3 heterocycles. The van der Waals surface area contributed by atoms with E-state index in [9.17, 15) is 55.6 Å². The fourth-order valence-electron chi connectivity index (χ4n) is 6.08. The Hall–Kier alpha value is -6.52. The van der Waals surface area contributed by atoms with Crippen molar-refractivity contribution in [1.82, 2.24) is 35.8 Å². The Morgan fingerprint density at radius 2 is 0.930 bits per heavy atom. The van der Waals surface area contributed by atoms with Gasteiger partial charge in [-0.3, -0.25) is 43.3 Å². The SMILES string of the molecule is O=C(NCCN(CCNC(=O)c1cc(S(=O)(=O)O)c2cccnc2c1O)CCNC(=O)c1cc(S(=O)(=O)O)c2cccnc2c1O)c1ccc2cccnc2c1O. The van der Waals surface area contributed by atoms with E-state index in [1.807, 2.05) is 0 Å². The first-order valence-electron chi connectivity index (χ1n) is 16.9. The number of hydrogen-bond donors (Lipinski definition) is 8. The molecule has 0 saturated heterocycles. The summed E-state index contributed by atoms with van der Waals surface area (Å²) >= 11 is 0. The monoisotopic (exact) mass is 819 g/mol. The summed E-state index contributed by atoms with van der Waals surface area (Å²) in [4.78, 5) is 51.9. The normalized spacial score (nSPS) is 11.9. The highest BCUT2D eigenvalue weighted by molar-refractivity contribution is 7.86. The molecule has 0 aliphatic carbocycles. The third-order valence-corrected chi connectivity index (χ3v) is 10.6. The van der Waals surface area contributed by atoms with Crippen molar-refractivity contribution in [2.75, 3.05) is 39.3 Å². The van der Waals surface area contributed by atoms with Gasteiger partial charge in [-0.25, -0.2) is 0 Å². The van der Waals surface area contributed by atoms with Crippen LogP contribution in [0.25, 0.3) is 32.7 Å². The third-order valence-electron chi connectivity index (χ3n) is 8.83. The minimum atomic E-state index is -4.84. The zero-order valence-corrected chi connectivity index (χ0v) is 31.1. The van der Waals surface area contributed by atoms with E-state index in [2.05, 4.69) is 30.9 Å². The number of carbonyl (C=O) groups is 3. The Morgan fingerprint density at radius 3 is 1.37 bits per heavy atom. The second kappa shape index (κ2) is 16.3. The van der Waals surface area contributed by atoms with Gasteiger partial charge in [-0.05, 0) is 48.5 Å². The quantitative estimate of drug-likeness (QED) is 0.0727. The lowest BCUT2D eigenvalue weighted by Crippen LogP contribution is -2.43. The molecule has 0 radical (unpaired) electrons. The van der Waals surface area contributed by atoms with Gasteiger partial charge in [0, 0.05) is 74.0 Å². The minimum Gasteiger partial charge on any atom is -0.505 e. The summed E-state index contributed by atoms with van der Waals surface area (Å²) in [6.45, 7) is -0.0949. The van der Waals surface area contributed by atoms with E-state index in [4.69, 9.17) is 0 Å². The number of carbonyl (C=O) groups excluding carboxylic acids is 3. The number of hydrogen-bond acceptors (Lipinski definition) is 14. The molecule has 3 aromatic heterocycles. The van der Waals surface area contributed by atoms with Crippen LogP contribution in [0.1, 0.15) is 31.1 Å². The molecule has 6 aromatic rings. The lowest BCUT2D eigenvalue weighted by Gasteiger charge is -2.23. The second-order valence-electron chi connectivity index (χ2n) is 12.4. The zero-order valence-electron chi connectivity index (χ0n) is 29.4. The number of rotatable bonds is 14. The maximum Gasteiger partial charge on any atom is 0.295 e. The predicted octanol–water partition coefficient (Wildman–Crippen LogP) is 1.83. The summed E-state index contributed by atoms with van der Waals surface area (Å²) in [6.07, 6.45) is 3.99. The number of aromatic nitrogens is 3. The van der Waals surface area contributed by atoms with Crippen molar-refractivity contribution in [1.29, 1.82) is 0 Å². The van der Waals surface area contributed by atoms with Gasteiger partial charge in [0.25, 0.3) is 38.0 Å². The summed E-state index contributed by atoms with van der Waals surface area (Å²) in [5, 5.41) is 40.4. The van der Waals surface area contributed by atoms with Gasteiger partial charge >= 0.3 is 0 Å². The van der Waals surface area contributed by atoms with Crippen molar-refractivity contribution in [3.05, 3.63) is 95.9 Å². The van der Waals surface area contributed by atoms with Crippen LogP contribution in [0.15, 0.2) is 89.0 Å². The van der Waals surface area contributed by atoms with Crippen molar-refractivity contribution in [3.8, 4) is 17.2 Å². The van der Waals surface area contributed by atoms with Gasteiger partial charge in [-0.1, -0.05) is 12.1 Å². The molecule has 0 spiro atoms. The number of aromatic hydroxyl groups is 3. The number of phenolic OH excluding ortho intramolecular Hbond substituents is 3. The van der Waals surface area contributed by atoms with Gasteiger partial charge in [-0.15, -0.1) is 0 Å². The Morgan fingerprint density at radius 1 is 0.544 bits per heavy atom. The fourth-order valence-corrected chi connectivity index (χ4v) is 7.50. The number of benzene rings is 3. The maximum atomic E-state index is 13.2. The van der Waals surface area contributed by atoms with E-state index in [1.165, 1.54) is 48.9 Å². The van der Waals surface area contributed by atoms with Gasteiger partial charge in [-0.2, -0.15) is 16.8 Å². The van der Waals surface area contributed by atoms with E-state index >= 15 is 0 Å². The van der Waals surface area contributed by atoms with E-state index < -0.39 is 70.4 Å². The molecule has 6 rings (SSSR count). The molecule has 0 bridgehead atoms. The molecule has 19 nitrogen and oxygen atoms in total. The Bertz CT molecular complexity index is 2660. The Labute approximate surface area is 323 Å². The zero-order chi connectivity index (χ0) is 41.1. The van der Waals surface area contributed by atoms with Crippen LogP contribution in [0.5, 0.6) is 17.2 Å². The Balaban J connectivity index is 1.17. The van der Waals surface area contributed by atoms with Crippen LogP contribution in [0, 0.1) is 0 Å². The first-order valence-corrected chi connectivity index (χ1v) is 19.7. The lowest BCUT2D eigenvalue weighted by molar-refractivity contribution is 0.0945. The molecule has 8 N–H and O–H groups in total. The first kappa shape index (κ1) is 40.2. The van der Waals surface area contributed by atoms with Gasteiger partial charge < -0.3 is 31.3 Å². The number of nitrogens with one attached hydrogen (secondary N) is 3. The van der Waals surface area contributed by atoms with Crippen molar-refractivity contribution in [3.63, 3.8) is 0 Å². The largest absolute Gasteiger partial charge is 0.505 e. The molecule has 0 aliphatic rings. The molecule has 0 aliphatic heterocycles. The average Bonchev–Trinajstić information content (AvgIpc) is 3.17. The number of phenols is 3. The highest BCUT2D eigenvalue weighted by Gasteiger charge is 2.25. The van der Waals surface area contributed by atoms with Crippen LogP contribution in [-0.4, -0.2) is 118 Å². The van der Waals surface area contributed by atoms with Crippen molar-refractivity contribution >= 4 is 70.7 Å². The molecular formula is C36H33N7O12S2. The van der Waals surface area contributed by atoms with Gasteiger partial charge in [0.1, 0.15) is 26.3 Å². The van der Waals surface area contributed by atoms with Gasteiger partial charge in [0.15, 0.2) is 17.2 Å². The van der Waals surface area contributed by atoms with Crippen molar-refractivity contribution in [2.24, 2.45) is 0 Å². The minimum absolute atomic E-state index is 0.00980. The van der Waals surface area contributed by atoms with Crippen LogP contribution in [0.3, 0.4) is 0 Å². The molecule has 296 valence electrons. The van der Waals surface area contributed by atoms with Crippen LogP contribution in [0.2, 0.25) is 0 Å². The molecule has 0 saturated carbocycles. The summed E-state index contributed by atoms with van der Waals surface area (Å²) in [5.74, 6) is -4.03. The van der Waals surface area contributed by atoms with Gasteiger partial charge in [0.05, 0.1) is 16.7 Å². The van der Waals surface area contributed by atoms with Crippen LogP contribution in [-0.2, 0) is 20.2 Å². The molecule has 3 amide bonds. The highest BCUT2D eigenvalue weighted by atomic mass is 32.2. The summed E-state index contributed by atoms with van der Waals surface area (Å²) in [7, 11) is -9.67. The van der Waals surface area contributed by atoms with Gasteiger partial charge in [0.2, 0.25) is 0 Å². The molecule has 21 heteroatoms.